The van der Waals surface area contributed by atoms with Gasteiger partial charge in [0, 0.05) is 5.56 Å². The third kappa shape index (κ3) is 3.30. The second kappa shape index (κ2) is 7.68. The fraction of sp³-hybridized carbons (Fsp3) is 0.278. The van der Waals surface area contributed by atoms with E-state index in [4.69, 9.17) is 14.8 Å². The molecule has 5 N–H and O–H groups in total. The summed E-state index contributed by atoms with van der Waals surface area (Å²) in [6.45, 7) is -0.227. The Kier molecular flexibility index (Phi) is 4.97. The Balaban J connectivity index is 1.69. The molecule has 1 unspecified atom stereocenters. The Labute approximate surface area is 176 Å². The molecule has 2 aliphatic heterocycles. The summed E-state index contributed by atoms with van der Waals surface area (Å²) >= 11 is 0. The molecular formula is C18H17N6O6P. The van der Waals surface area contributed by atoms with Crippen LogP contribution in [0, 0.1) is 5.92 Å². The molecule has 1 aromatic carbocycles. The number of Topliss-reactive ketones (excluding diaryl/α,β-unsaturated/α-hetero) is 1. The first kappa shape index (κ1) is 20.1. The third-order valence-electron chi connectivity index (χ3n) is 5.35. The molecule has 13 heteroatoms. The first-order valence-electron chi connectivity index (χ1n) is 9.28. The van der Waals surface area contributed by atoms with Crippen LogP contribution in [0.5, 0.6) is 0 Å². The SMILES string of the molecule is NP(O)OC[C@H]1O[C@@H]2[C@H](C(=O)c3ccccc3C(=O)Nc3ncnc4c3ncn42)[C@@H]1O. The number of nitrogens with zero attached hydrogens (tertiary/aromatic N) is 4. The number of anilines is 1. The number of carbonyl (C=O) groups is 2. The molecule has 12 nitrogen and oxygen atoms in total. The molecule has 4 heterocycles. The summed E-state index contributed by atoms with van der Waals surface area (Å²) in [6.07, 6.45) is -0.584. The first-order valence-corrected chi connectivity index (χ1v) is 10.6. The second-order valence-electron chi connectivity index (χ2n) is 7.09. The number of ketones is 1. The van der Waals surface area contributed by atoms with E-state index in [1.54, 1.807) is 12.1 Å². The number of rotatable bonds is 3. The molecule has 1 saturated heterocycles. The highest BCUT2D eigenvalue weighted by atomic mass is 31.2. The highest BCUT2D eigenvalue weighted by Gasteiger charge is 2.50. The van der Waals surface area contributed by atoms with Gasteiger partial charge in [0.15, 0.2) is 22.8 Å². The summed E-state index contributed by atoms with van der Waals surface area (Å²) in [5.74, 6) is -1.95. The van der Waals surface area contributed by atoms with Crippen molar-refractivity contribution in [2.45, 2.75) is 18.4 Å². The van der Waals surface area contributed by atoms with Crippen molar-refractivity contribution < 1.29 is 28.8 Å². The van der Waals surface area contributed by atoms with Crippen LogP contribution < -0.4 is 10.8 Å². The van der Waals surface area contributed by atoms with Gasteiger partial charge in [0.1, 0.15) is 18.7 Å². The molecule has 0 radical (unpaired) electrons. The average molecular weight is 444 g/mol. The van der Waals surface area contributed by atoms with Crippen molar-refractivity contribution in [3.05, 3.63) is 48.0 Å². The molecule has 2 aromatic heterocycles. The molecule has 1 fully saturated rings. The zero-order chi connectivity index (χ0) is 21.7. The summed E-state index contributed by atoms with van der Waals surface area (Å²) in [5, 5.41) is 13.6. The first-order chi connectivity index (χ1) is 15.0. The lowest BCUT2D eigenvalue weighted by Crippen LogP contribution is -2.35. The lowest BCUT2D eigenvalue weighted by Gasteiger charge is -2.21. The maximum atomic E-state index is 13.6. The van der Waals surface area contributed by atoms with E-state index < -0.39 is 44.6 Å². The Hall–Kier alpha value is -2.86. The fourth-order valence-electron chi connectivity index (χ4n) is 3.94. The largest absolute Gasteiger partial charge is 0.389 e. The minimum atomic E-state index is -2.17. The summed E-state index contributed by atoms with van der Waals surface area (Å²) in [7, 11) is -2.17. The molecule has 0 aliphatic carbocycles. The minimum absolute atomic E-state index is 0.128. The molecular weight excluding hydrogens is 427 g/mol. The van der Waals surface area contributed by atoms with Crippen molar-refractivity contribution in [3.8, 4) is 0 Å². The van der Waals surface area contributed by atoms with Gasteiger partial charge in [0.05, 0.1) is 30.5 Å². The second-order valence-corrected chi connectivity index (χ2v) is 7.95. The van der Waals surface area contributed by atoms with E-state index in [0.29, 0.717) is 11.2 Å². The Bertz CT molecular complexity index is 1190. The molecule has 1 amide bonds. The van der Waals surface area contributed by atoms with E-state index in [0.717, 1.165) is 0 Å². The van der Waals surface area contributed by atoms with Gasteiger partial charge in [-0.1, -0.05) is 18.2 Å². The van der Waals surface area contributed by atoms with Crippen LogP contribution >= 0.6 is 8.53 Å². The summed E-state index contributed by atoms with van der Waals surface area (Å²) in [5.41, 5.74) is 6.16. The Morgan fingerprint density at radius 1 is 1.23 bits per heavy atom. The Morgan fingerprint density at radius 3 is 2.77 bits per heavy atom. The number of aliphatic hydroxyl groups excluding tert-OH is 1. The molecule has 0 saturated carbocycles. The van der Waals surface area contributed by atoms with Crippen LogP contribution in [0.15, 0.2) is 36.9 Å². The summed E-state index contributed by atoms with van der Waals surface area (Å²) in [4.78, 5) is 48.4. The normalized spacial score (nSPS) is 26.3. The van der Waals surface area contributed by atoms with Crippen LogP contribution in [0.4, 0.5) is 5.82 Å². The third-order valence-corrected chi connectivity index (χ3v) is 5.76. The number of nitrogens with one attached hydrogen (secondary N) is 1. The molecule has 31 heavy (non-hydrogen) atoms. The van der Waals surface area contributed by atoms with Crippen LogP contribution in [-0.4, -0.2) is 60.0 Å². The van der Waals surface area contributed by atoms with Crippen molar-refractivity contribution in [2.24, 2.45) is 11.4 Å². The van der Waals surface area contributed by atoms with Gasteiger partial charge < -0.3 is 24.6 Å². The van der Waals surface area contributed by atoms with Crippen LogP contribution in [0.3, 0.4) is 0 Å². The smallest absolute Gasteiger partial charge is 0.257 e. The Morgan fingerprint density at radius 2 is 2.00 bits per heavy atom. The molecule has 0 spiro atoms. The molecule has 2 aliphatic rings. The summed E-state index contributed by atoms with van der Waals surface area (Å²) in [6, 6.07) is 6.29. The quantitative estimate of drug-likeness (QED) is 0.412. The van der Waals surface area contributed by atoms with E-state index in [1.807, 2.05) is 0 Å². The molecule has 4 bridgehead atoms. The van der Waals surface area contributed by atoms with Gasteiger partial charge in [-0.2, -0.15) is 0 Å². The zero-order valence-corrected chi connectivity index (χ0v) is 16.7. The maximum Gasteiger partial charge on any atom is 0.257 e. The monoisotopic (exact) mass is 444 g/mol. The number of amides is 1. The molecule has 160 valence electrons. The number of carbonyl (C=O) groups excluding carboxylic acids is 2. The van der Waals surface area contributed by atoms with Crippen molar-refractivity contribution in [1.82, 2.24) is 19.5 Å². The van der Waals surface area contributed by atoms with Gasteiger partial charge in [0.25, 0.3) is 5.91 Å². The lowest BCUT2D eigenvalue weighted by atomic mass is 9.88. The molecule has 5 atom stereocenters. The van der Waals surface area contributed by atoms with Gasteiger partial charge in [-0.3, -0.25) is 19.7 Å². The van der Waals surface area contributed by atoms with E-state index in [2.05, 4.69) is 20.3 Å². The lowest BCUT2D eigenvalue weighted by molar-refractivity contribution is -0.0393. The van der Waals surface area contributed by atoms with Gasteiger partial charge in [-0.05, 0) is 6.07 Å². The number of aliphatic hydroxyl groups is 1. The van der Waals surface area contributed by atoms with Crippen LogP contribution in [0.25, 0.3) is 11.2 Å². The number of nitrogens with two attached hydrogens (primary N) is 1. The van der Waals surface area contributed by atoms with Crippen molar-refractivity contribution >= 4 is 37.2 Å². The van der Waals surface area contributed by atoms with E-state index in [-0.39, 0.29) is 23.6 Å². The number of hydrogen-bond donors (Lipinski definition) is 4. The fourth-order valence-corrected chi connectivity index (χ4v) is 4.23. The number of aromatic nitrogens is 4. The van der Waals surface area contributed by atoms with Gasteiger partial charge in [0.2, 0.25) is 8.53 Å². The van der Waals surface area contributed by atoms with Gasteiger partial charge >= 0.3 is 0 Å². The average Bonchev–Trinajstić information content (AvgIpc) is 3.32. The molecule has 3 aromatic rings. The van der Waals surface area contributed by atoms with Crippen molar-refractivity contribution in [1.29, 1.82) is 0 Å². The van der Waals surface area contributed by atoms with E-state index in [1.165, 1.54) is 29.4 Å². The molecule has 5 rings (SSSR count). The van der Waals surface area contributed by atoms with Gasteiger partial charge in [-0.15, -0.1) is 0 Å². The minimum Gasteiger partial charge on any atom is -0.389 e. The topological polar surface area (TPSA) is 175 Å². The standard InChI is InChI=1S/C18H17N6O6P/c19-31(28)29-5-10-14(26)11-13(25)8-3-1-2-4-9(8)17(27)23-15-12-16(21-6-20-15)24(7-22-12)18(11)30-10/h1-4,6-7,10-11,14,18,26,28H,5,19H2,(H,20,21,23,27)/t10-,11-,14-,18-,31?/m1/s1. The van der Waals surface area contributed by atoms with Crippen molar-refractivity contribution in [3.63, 3.8) is 0 Å². The van der Waals surface area contributed by atoms with Crippen LogP contribution in [0.2, 0.25) is 0 Å². The highest BCUT2D eigenvalue weighted by molar-refractivity contribution is 7.43. The number of benzene rings is 1. The number of ether oxygens (including phenoxy) is 1. The maximum absolute atomic E-state index is 13.6. The summed E-state index contributed by atoms with van der Waals surface area (Å²) < 4.78 is 12.5. The highest BCUT2D eigenvalue weighted by Crippen LogP contribution is 2.40. The van der Waals surface area contributed by atoms with E-state index in [9.17, 15) is 19.6 Å². The van der Waals surface area contributed by atoms with Gasteiger partial charge in [-0.25, -0.2) is 15.0 Å². The van der Waals surface area contributed by atoms with Crippen LogP contribution in [0.1, 0.15) is 26.9 Å². The number of imidazole rings is 1. The predicted molar refractivity (Wildman–Crippen MR) is 107 cm³/mol. The number of hydrogen-bond acceptors (Lipinski definition) is 10. The number of fused-ring (bicyclic) bond motifs is 3. The van der Waals surface area contributed by atoms with Crippen molar-refractivity contribution in [2.75, 3.05) is 11.9 Å². The van der Waals surface area contributed by atoms with Crippen LogP contribution in [-0.2, 0) is 9.26 Å². The van der Waals surface area contributed by atoms with E-state index >= 15 is 0 Å². The zero-order valence-electron chi connectivity index (χ0n) is 15.8. The predicted octanol–water partition coefficient (Wildman–Crippen LogP) is 0.344.